The Morgan fingerprint density at radius 2 is 2.00 bits per heavy atom. The number of hydrogen-bond acceptors (Lipinski definition) is 3. The molecular formula is C13H18ClNO2. The van der Waals surface area contributed by atoms with Crippen LogP contribution in [0.3, 0.4) is 0 Å². The van der Waals surface area contributed by atoms with Crippen LogP contribution >= 0.6 is 11.6 Å². The first kappa shape index (κ1) is 12.5. The number of benzene rings is 1. The molecule has 1 aromatic rings. The Hall–Kier alpha value is -0.930. The maximum Gasteiger partial charge on any atom is 0.138 e. The monoisotopic (exact) mass is 255 g/mol. The van der Waals surface area contributed by atoms with Gasteiger partial charge in [-0.05, 0) is 25.5 Å². The summed E-state index contributed by atoms with van der Waals surface area (Å²) in [6, 6.07) is 3.84. The van der Waals surface area contributed by atoms with E-state index in [9.17, 15) is 0 Å². The molecule has 0 bridgehead atoms. The zero-order chi connectivity index (χ0) is 12.3. The molecule has 1 heterocycles. The van der Waals surface area contributed by atoms with Crippen LogP contribution in [0.25, 0.3) is 0 Å². The number of hydrogen-bond donors (Lipinski definition) is 1. The smallest absolute Gasteiger partial charge is 0.138 e. The molecule has 0 amide bonds. The molecule has 1 N–H and O–H groups in total. The van der Waals surface area contributed by atoms with Gasteiger partial charge < -0.3 is 14.8 Å². The lowest BCUT2D eigenvalue weighted by atomic mass is 9.91. The van der Waals surface area contributed by atoms with Gasteiger partial charge >= 0.3 is 0 Å². The van der Waals surface area contributed by atoms with E-state index in [1.54, 1.807) is 14.2 Å². The van der Waals surface area contributed by atoms with Crippen molar-refractivity contribution in [2.75, 3.05) is 27.3 Å². The van der Waals surface area contributed by atoms with E-state index < -0.39 is 0 Å². The number of methoxy groups -OCH3 is 2. The minimum absolute atomic E-state index is 0.477. The van der Waals surface area contributed by atoms with Crippen LogP contribution in [-0.2, 0) is 0 Å². The van der Waals surface area contributed by atoms with Gasteiger partial charge in [-0.25, -0.2) is 0 Å². The van der Waals surface area contributed by atoms with Crippen LogP contribution in [0.15, 0.2) is 12.1 Å². The summed E-state index contributed by atoms with van der Waals surface area (Å²) < 4.78 is 10.7. The van der Waals surface area contributed by atoms with Crippen LogP contribution in [-0.4, -0.2) is 27.3 Å². The van der Waals surface area contributed by atoms with Crippen molar-refractivity contribution in [2.24, 2.45) is 0 Å². The second kappa shape index (κ2) is 5.61. The fourth-order valence-corrected chi connectivity index (χ4v) is 2.55. The second-order valence-electron chi connectivity index (χ2n) is 4.27. The van der Waals surface area contributed by atoms with Gasteiger partial charge in [0.05, 0.1) is 19.2 Å². The molecule has 4 heteroatoms. The van der Waals surface area contributed by atoms with E-state index >= 15 is 0 Å². The van der Waals surface area contributed by atoms with Gasteiger partial charge in [-0.1, -0.05) is 11.6 Å². The lowest BCUT2D eigenvalue weighted by Gasteiger charge is -2.25. The normalized spacial score (nSPS) is 20.1. The van der Waals surface area contributed by atoms with Gasteiger partial charge in [0.2, 0.25) is 0 Å². The van der Waals surface area contributed by atoms with E-state index in [1.165, 1.54) is 18.4 Å². The Morgan fingerprint density at radius 3 is 2.59 bits per heavy atom. The highest BCUT2D eigenvalue weighted by atomic mass is 35.5. The maximum absolute atomic E-state index is 6.10. The van der Waals surface area contributed by atoms with Crippen molar-refractivity contribution >= 4 is 11.6 Å². The molecule has 0 spiro atoms. The van der Waals surface area contributed by atoms with Gasteiger partial charge in [-0.3, -0.25) is 0 Å². The van der Waals surface area contributed by atoms with E-state index in [0.29, 0.717) is 16.7 Å². The molecule has 94 valence electrons. The van der Waals surface area contributed by atoms with Crippen LogP contribution in [0, 0.1) is 0 Å². The zero-order valence-electron chi connectivity index (χ0n) is 10.3. The zero-order valence-corrected chi connectivity index (χ0v) is 11.0. The van der Waals surface area contributed by atoms with Crippen molar-refractivity contribution in [3.05, 3.63) is 22.7 Å². The van der Waals surface area contributed by atoms with E-state index in [0.717, 1.165) is 18.8 Å². The molecule has 0 unspecified atom stereocenters. The van der Waals surface area contributed by atoms with Gasteiger partial charge in [0, 0.05) is 24.1 Å². The maximum atomic E-state index is 6.10. The Labute approximate surface area is 107 Å². The number of piperidine rings is 1. The molecule has 0 aliphatic carbocycles. The topological polar surface area (TPSA) is 30.5 Å². The first-order valence-electron chi connectivity index (χ1n) is 5.88. The van der Waals surface area contributed by atoms with E-state index in [-0.39, 0.29) is 0 Å². The average Bonchev–Trinajstić information content (AvgIpc) is 2.39. The molecule has 1 aliphatic heterocycles. The first-order chi connectivity index (χ1) is 8.26. The largest absolute Gasteiger partial charge is 0.496 e. The number of rotatable bonds is 3. The fourth-order valence-electron chi connectivity index (χ4n) is 2.32. The summed E-state index contributed by atoms with van der Waals surface area (Å²) in [5, 5.41) is 4.00. The van der Waals surface area contributed by atoms with Crippen molar-refractivity contribution in [2.45, 2.75) is 18.8 Å². The fraction of sp³-hybridized carbons (Fsp3) is 0.538. The quantitative estimate of drug-likeness (QED) is 0.901. The second-order valence-corrected chi connectivity index (χ2v) is 4.68. The Bertz CT molecular complexity index is 389. The number of nitrogens with one attached hydrogen (secondary N) is 1. The SMILES string of the molecule is COc1cc([C@@H]2CCCNC2)c(OC)cc1Cl. The van der Waals surface area contributed by atoms with Gasteiger partial charge in [0.1, 0.15) is 11.5 Å². The number of ether oxygens (including phenoxy) is 2. The van der Waals surface area contributed by atoms with Crippen LogP contribution in [0.1, 0.15) is 24.3 Å². The molecule has 0 saturated carbocycles. The minimum atomic E-state index is 0.477. The molecule has 1 fully saturated rings. The summed E-state index contributed by atoms with van der Waals surface area (Å²) in [4.78, 5) is 0. The molecule has 17 heavy (non-hydrogen) atoms. The van der Waals surface area contributed by atoms with Crippen molar-refractivity contribution in [3.8, 4) is 11.5 Å². The molecule has 2 rings (SSSR count). The van der Waals surface area contributed by atoms with Gasteiger partial charge in [0.15, 0.2) is 0 Å². The molecule has 0 aromatic heterocycles. The molecule has 3 nitrogen and oxygen atoms in total. The minimum Gasteiger partial charge on any atom is -0.496 e. The summed E-state index contributed by atoms with van der Waals surface area (Å²) in [6.45, 7) is 2.09. The highest BCUT2D eigenvalue weighted by molar-refractivity contribution is 6.32. The third-order valence-corrected chi connectivity index (χ3v) is 3.54. The first-order valence-corrected chi connectivity index (χ1v) is 6.26. The van der Waals surface area contributed by atoms with Crippen LogP contribution in [0.5, 0.6) is 11.5 Å². The number of halogens is 1. The summed E-state index contributed by atoms with van der Waals surface area (Å²) in [7, 11) is 3.31. The lowest BCUT2D eigenvalue weighted by molar-refractivity contribution is 0.384. The van der Waals surface area contributed by atoms with Gasteiger partial charge in [-0.15, -0.1) is 0 Å². The Balaban J connectivity index is 2.35. The van der Waals surface area contributed by atoms with Crippen LogP contribution in [0.2, 0.25) is 5.02 Å². The molecular weight excluding hydrogens is 238 g/mol. The Morgan fingerprint density at radius 1 is 1.24 bits per heavy atom. The third kappa shape index (κ3) is 2.67. The molecule has 1 aliphatic rings. The van der Waals surface area contributed by atoms with Gasteiger partial charge in [0.25, 0.3) is 0 Å². The average molecular weight is 256 g/mol. The van der Waals surface area contributed by atoms with Gasteiger partial charge in [-0.2, -0.15) is 0 Å². The Kier molecular flexibility index (Phi) is 4.13. The summed E-state index contributed by atoms with van der Waals surface area (Å²) in [5.41, 5.74) is 1.18. The van der Waals surface area contributed by atoms with E-state index in [2.05, 4.69) is 5.32 Å². The van der Waals surface area contributed by atoms with Crippen LogP contribution < -0.4 is 14.8 Å². The van der Waals surface area contributed by atoms with Crippen molar-refractivity contribution in [1.82, 2.24) is 5.32 Å². The highest BCUT2D eigenvalue weighted by Gasteiger charge is 2.20. The summed E-state index contributed by atoms with van der Waals surface area (Å²) >= 11 is 6.10. The standard InChI is InChI=1S/C13H18ClNO2/c1-16-12-7-11(14)13(17-2)6-10(12)9-4-3-5-15-8-9/h6-7,9,15H,3-5,8H2,1-2H3/t9-/m1/s1. The molecule has 1 aromatic carbocycles. The molecule has 0 radical (unpaired) electrons. The van der Waals surface area contributed by atoms with Crippen molar-refractivity contribution < 1.29 is 9.47 Å². The lowest BCUT2D eigenvalue weighted by Crippen LogP contribution is -2.28. The highest BCUT2D eigenvalue weighted by Crippen LogP contribution is 2.38. The van der Waals surface area contributed by atoms with Crippen molar-refractivity contribution in [3.63, 3.8) is 0 Å². The summed E-state index contributed by atoms with van der Waals surface area (Å²) in [6.07, 6.45) is 2.37. The van der Waals surface area contributed by atoms with Crippen molar-refractivity contribution in [1.29, 1.82) is 0 Å². The van der Waals surface area contributed by atoms with E-state index in [1.807, 2.05) is 12.1 Å². The van der Waals surface area contributed by atoms with Crippen LogP contribution in [0.4, 0.5) is 0 Å². The third-order valence-electron chi connectivity index (χ3n) is 3.24. The molecule has 1 saturated heterocycles. The predicted molar refractivity (Wildman–Crippen MR) is 69.4 cm³/mol. The predicted octanol–water partition coefficient (Wildman–Crippen LogP) is 2.82. The van der Waals surface area contributed by atoms with E-state index in [4.69, 9.17) is 21.1 Å². The summed E-state index contributed by atoms with van der Waals surface area (Å²) in [5.74, 6) is 2.04. The molecule has 1 atom stereocenters.